The predicted octanol–water partition coefficient (Wildman–Crippen LogP) is 3.01. The van der Waals surface area contributed by atoms with Gasteiger partial charge in [0.1, 0.15) is 6.26 Å². The molecule has 33 heavy (non-hydrogen) atoms. The molecule has 0 fully saturated rings. The fraction of sp³-hybridized carbons (Fsp3) is 0.391. The van der Waals surface area contributed by atoms with Gasteiger partial charge in [-0.2, -0.15) is 9.78 Å². The molecule has 1 aliphatic heterocycles. The maximum Gasteiger partial charge on any atom is 0.342 e. The Morgan fingerprint density at radius 3 is 2.70 bits per heavy atom. The number of hydrogen-bond acceptors (Lipinski definition) is 7. The third-order valence-corrected chi connectivity index (χ3v) is 4.81. The van der Waals surface area contributed by atoms with Gasteiger partial charge in [-0.05, 0) is 31.4 Å². The maximum absolute atomic E-state index is 13.1. The molecule has 10 heteroatoms. The summed E-state index contributed by atoms with van der Waals surface area (Å²) in [6.07, 6.45) is 5.39. The second-order valence-corrected chi connectivity index (χ2v) is 7.25. The number of nitrogens with one attached hydrogen (secondary N) is 1. The summed E-state index contributed by atoms with van der Waals surface area (Å²) in [5.74, 6) is -0.339. The van der Waals surface area contributed by atoms with Crippen LogP contribution < -0.4 is 5.32 Å². The zero-order chi connectivity index (χ0) is 23.5. The van der Waals surface area contributed by atoms with Gasteiger partial charge >= 0.3 is 12.0 Å². The van der Waals surface area contributed by atoms with Gasteiger partial charge < -0.3 is 19.5 Å². The van der Waals surface area contributed by atoms with E-state index < -0.39 is 11.9 Å². The van der Waals surface area contributed by atoms with Crippen molar-refractivity contribution in [3.05, 3.63) is 66.0 Å². The van der Waals surface area contributed by atoms with E-state index in [1.54, 1.807) is 6.92 Å². The van der Waals surface area contributed by atoms with Crippen molar-refractivity contribution in [2.24, 2.45) is 0 Å². The van der Waals surface area contributed by atoms with Crippen LogP contribution in [0.4, 0.5) is 4.79 Å². The molecule has 2 heterocycles. The number of amides is 2. The number of rotatable bonds is 11. The van der Waals surface area contributed by atoms with Gasteiger partial charge in [0, 0.05) is 19.2 Å². The van der Waals surface area contributed by atoms with E-state index in [0.717, 1.165) is 16.7 Å². The lowest BCUT2D eigenvalue weighted by Crippen LogP contribution is -2.32. The topological polar surface area (TPSA) is 112 Å². The number of nitrogens with zero attached hydrogens (tertiary/aromatic N) is 3. The van der Waals surface area contributed by atoms with Crippen LogP contribution in [0.25, 0.3) is 0 Å². The Bertz CT molecular complexity index is 972. The van der Waals surface area contributed by atoms with Crippen LogP contribution in [-0.4, -0.2) is 52.5 Å². The van der Waals surface area contributed by atoms with Crippen LogP contribution in [0.3, 0.4) is 0 Å². The quantitative estimate of drug-likeness (QED) is 0.409. The molecule has 0 bridgehead atoms. The van der Waals surface area contributed by atoms with E-state index in [1.165, 1.54) is 23.4 Å². The van der Waals surface area contributed by atoms with E-state index in [2.05, 4.69) is 10.4 Å². The number of carbonyl (C=O) groups excluding carboxylic acids is 3. The van der Waals surface area contributed by atoms with Crippen molar-refractivity contribution < 1.29 is 28.6 Å². The summed E-state index contributed by atoms with van der Waals surface area (Å²) in [4.78, 5) is 38.2. The lowest BCUT2D eigenvalue weighted by Gasteiger charge is -2.21. The monoisotopic (exact) mass is 456 g/mol. The van der Waals surface area contributed by atoms with E-state index in [-0.39, 0.29) is 30.9 Å². The molecule has 1 N–H and O–H groups in total. The van der Waals surface area contributed by atoms with E-state index in [1.807, 2.05) is 30.3 Å². The van der Waals surface area contributed by atoms with Crippen molar-refractivity contribution in [1.29, 1.82) is 0 Å². The summed E-state index contributed by atoms with van der Waals surface area (Å²) in [5, 5.41) is 6.88. The molecule has 176 valence electrons. The molecular formula is C23H28N4O6. The first-order valence-corrected chi connectivity index (χ1v) is 10.9. The molecule has 3 rings (SSSR count). The van der Waals surface area contributed by atoms with Crippen molar-refractivity contribution in [2.45, 2.75) is 39.2 Å². The number of aromatic nitrogens is 2. The zero-order valence-electron chi connectivity index (χ0n) is 18.6. The molecule has 10 nitrogen and oxygen atoms in total. The second-order valence-electron chi connectivity index (χ2n) is 7.25. The highest BCUT2D eigenvalue weighted by molar-refractivity contribution is 5.93. The summed E-state index contributed by atoms with van der Waals surface area (Å²) in [7, 11) is 0. The molecular weight excluding hydrogens is 428 g/mol. The molecule has 0 atom stereocenters. The fourth-order valence-corrected chi connectivity index (χ4v) is 3.16. The fourth-order valence-electron chi connectivity index (χ4n) is 3.16. The second kappa shape index (κ2) is 12.3. The first kappa shape index (κ1) is 23.8. The van der Waals surface area contributed by atoms with Crippen molar-refractivity contribution in [3.8, 4) is 0 Å². The van der Waals surface area contributed by atoms with Crippen LogP contribution in [0, 0.1) is 0 Å². The predicted molar refractivity (Wildman–Crippen MR) is 118 cm³/mol. The third kappa shape index (κ3) is 7.09. The van der Waals surface area contributed by atoms with E-state index in [4.69, 9.17) is 14.2 Å². The Kier molecular flexibility index (Phi) is 8.87. The van der Waals surface area contributed by atoms with Gasteiger partial charge in [-0.15, -0.1) is 0 Å². The van der Waals surface area contributed by atoms with E-state index in [0.29, 0.717) is 32.4 Å². The summed E-state index contributed by atoms with van der Waals surface area (Å²) in [6.45, 7) is 2.88. The van der Waals surface area contributed by atoms with Gasteiger partial charge in [-0.25, -0.2) is 4.79 Å². The van der Waals surface area contributed by atoms with Crippen LogP contribution in [-0.2, 0) is 25.5 Å². The molecule has 1 aromatic heterocycles. The van der Waals surface area contributed by atoms with Gasteiger partial charge in [-0.1, -0.05) is 36.8 Å². The molecule has 0 unspecified atom stereocenters. The van der Waals surface area contributed by atoms with Crippen molar-refractivity contribution in [1.82, 2.24) is 20.0 Å². The average molecular weight is 456 g/mol. The summed E-state index contributed by atoms with van der Waals surface area (Å²) < 4.78 is 16.5. The molecule has 1 aliphatic rings. The molecule has 0 saturated carbocycles. The third-order valence-electron chi connectivity index (χ3n) is 4.81. The standard InChI is InChI=1S/C23H28N4O6/c1-2-32-21(28)11-7-4-8-13-24-23(30)27-14-12-19(25-27)22(29)26(20-16-31-17-33-20)15-18-9-5-3-6-10-18/h3,5-6,9-10,12,14,16H,2,4,7-8,11,13,15,17H2,1H3,(H,24,30). The molecule has 2 amide bonds. The van der Waals surface area contributed by atoms with Crippen LogP contribution in [0.15, 0.2) is 54.7 Å². The molecule has 2 aromatic rings. The Hall–Kier alpha value is -3.82. The number of carbonyl (C=O) groups is 3. The Morgan fingerprint density at radius 1 is 1.15 bits per heavy atom. The highest BCUT2D eigenvalue weighted by Crippen LogP contribution is 2.19. The lowest BCUT2D eigenvalue weighted by atomic mass is 10.2. The molecule has 1 aromatic carbocycles. The van der Waals surface area contributed by atoms with E-state index in [9.17, 15) is 14.4 Å². The van der Waals surface area contributed by atoms with Crippen molar-refractivity contribution in [3.63, 3.8) is 0 Å². The van der Waals surface area contributed by atoms with Crippen LogP contribution in [0.5, 0.6) is 0 Å². The number of ether oxygens (including phenoxy) is 3. The largest absolute Gasteiger partial charge is 0.466 e. The Balaban J connectivity index is 1.52. The molecule has 0 radical (unpaired) electrons. The minimum Gasteiger partial charge on any atom is -0.466 e. The maximum atomic E-state index is 13.1. The van der Waals surface area contributed by atoms with Crippen molar-refractivity contribution >= 4 is 17.9 Å². The first-order valence-electron chi connectivity index (χ1n) is 10.9. The SMILES string of the molecule is CCOC(=O)CCCCCNC(=O)n1ccc(C(=O)N(Cc2ccccc2)C2=COCO2)n1. The average Bonchev–Trinajstić information content (AvgIpc) is 3.53. The minimum absolute atomic E-state index is 0.0323. The van der Waals surface area contributed by atoms with Crippen LogP contribution >= 0.6 is 0 Å². The molecule has 0 aliphatic carbocycles. The molecule has 0 saturated heterocycles. The minimum atomic E-state index is -0.436. The van der Waals surface area contributed by atoms with E-state index >= 15 is 0 Å². The van der Waals surface area contributed by atoms with Gasteiger partial charge in [0.25, 0.3) is 5.91 Å². The smallest absolute Gasteiger partial charge is 0.342 e. The summed E-state index contributed by atoms with van der Waals surface area (Å²) in [5.41, 5.74) is 1.01. The zero-order valence-corrected chi connectivity index (χ0v) is 18.6. The van der Waals surface area contributed by atoms with Crippen molar-refractivity contribution in [2.75, 3.05) is 19.9 Å². The van der Waals surface area contributed by atoms with Gasteiger partial charge in [0.05, 0.1) is 13.2 Å². The van der Waals surface area contributed by atoms with Crippen LogP contribution in [0.2, 0.25) is 0 Å². The normalized spacial score (nSPS) is 12.3. The van der Waals surface area contributed by atoms with Gasteiger partial charge in [0.2, 0.25) is 12.7 Å². The highest BCUT2D eigenvalue weighted by Gasteiger charge is 2.26. The number of unbranched alkanes of at least 4 members (excludes halogenated alkanes) is 2. The highest BCUT2D eigenvalue weighted by atomic mass is 16.7. The Morgan fingerprint density at radius 2 is 1.97 bits per heavy atom. The number of esters is 1. The Labute approximate surface area is 192 Å². The number of benzene rings is 1. The van der Waals surface area contributed by atoms with Crippen LogP contribution in [0.1, 0.15) is 48.7 Å². The van der Waals surface area contributed by atoms with Gasteiger partial charge in [0.15, 0.2) is 5.69 Å². The summed E-state index contributed by atoms with van der Waals surface area (Å²) >= 11 is 0. The summed E-state index contributed by atoms with van der Waals surface area (Å²) in [6, 6.07) is 10.5. The lowest BCUT2D eigenvalue weighted by molar-refractivity contribution is -0.143. The number of hydrogen-bond donors (Lipinski definition) is 1. The first-order chi connectivity index (χ1) is 16.1. The van der Waals surface area contributed by atoms with Gasteiger partial charge in [-0.3, -0.25) is 14.5 Å². The molecule has 0 spiro atoms.